The molecule has 182 valence electrons. The number of morpholine rings is 1. The number of aromatic nitrogens is 3. The Morgan fingerprint density at radius 3 is 2.55 bits per heavy atom. The number of nitrogens with zero attached hydrogens (tertiary/aromatic N) is 5. The Bertz CT molecular complexity index is 876. The number of aliphatic imine (C=N–C) groups is 1. The van der Waals surface area contributed by atoms with E-state index < -0.39 is 0 Å². The number of hydrogen-bond donors (Lipinski definition) is 2. The van der Waals surface area contributed by atoms with E-state index in [1.807, 2.05) is 18.5 Å². The second-order valence-electron chi connectivity index (χ2n) is 9.14. The van der Waals surface area contributed by atoms with Gasteiger partial charge in [0.2, 0.25) is 0 Å². The van der Waals surface area contributed by atoms with Crippen LogP contribution in [0.3, 0.4) is 0 Å². The van der Waals surface area contributed by atoms with Gasteiger partial charge in [-0.25, -0.2) is 4.99 Å². The highest BCUT2D eigenvalue weighted by Gasteiger charge is 2.42. The van der Waals surface area contributed by atoms with E-state index in [0.29, 0.717) is 12.0 Å². The van der Waals surface area contributed by atoms with Crippen LogP contribution in [-0.2, 0) is 24.8 Å². The molecular weight excluding hydrogens is 529 g/mol. The van der Waals surface area contributed by atoms with Gasteiger partial charge in [-0.1, -0.05) is 30.3 Å². The van der Waals surface area contributed by atoms with Crippen LogP contribution in [0.25, 0.3) is 0 Å². The van der Waals surface area contributed by atoms with Crippen molar-refractivity contribution < 1.29 is 4.74 Å². The molecule has 0 bridgehead atoms. The monoisotopic (exact) mass is 567 g/mol. The maximum absolute atomic E-state index is 5.44. The van der Waals surface area contributed by atoms with Crippen LogP contribution in [0, 0.1) is 12.3 Å². The van der Waals surface area contributed by atoms with Gasteiger partial charge in [0.1, 0.15) is 12.4 Å². The zero-order chi connectivity index (χ0) is 22.2. The smallest absolute Gasteiger partial charge is 0.191 e. The minimum atomic E-state index is 0. The molecule has 0 unspecified atom stereocenters. The van der Waals surface area contributed by atoms with Crippen LogP contribution in [0.15, 0.2) is 35.3 Å². The lowest BCUT2D eigenvalue weighted by Gasteiger charge is -2.26. The van der Waals surface area contributed by atoms with E-state index in [1.165, 1.54) is 18.4 Å². The highest BCUT2D eigenvalue weighted by Crippen LogP contribution is 2.47. The SMILES string of the molecule is Cc1nnc(CN=C(NCCCN2CCOCC2)NCC2(Cc3ccccc3)CC2)n1C.I. The van der Waals surface area contributed by atoms with Crippen LogP contribution >= 0.6 is 24.0 Å². The molecule has 2 N–H and O–H groups in total. The Balaban J connectivity index is 0.00000306. The van der Waals surface area contributed by atoms with Crippen molar-refractivity contribution in [2.45, 2.75) is 39.2 Å². The topological polar surface area (TPSA) is 79.6 Å². The average molecular weight is 568 g/mol. The summed E-state index contributed by atoms with van der Waals surface area (Å²) >= 11 is 0. The van der Waals surface area contributed by atoms with E-state index in [9.17, 15) is 0 Å². The number of aryl methyl sites for hydroxylation is 1. The Hall–Kier alpha value is -1.72. The van der Waals surface area contributed by atoms with Crippen molar-refractivity contribution >= 4 is 29.9 Å². The summed E-state index contributed by atoms with van der Waals surface area (Å²) in [6.07, 6.45) is 4.73. The van der Waals surface area contributed by atoms with E-state index in [-0.39, 0.29) is 24.0 Å². The highest BCUT2D eigenvalue weighted by atomic mass is 127. The van der Waals surface area contributed by atoms with Crippen LogP contribution in [0.4, 0.5) is 0 Å². The number of guanidine groups is 1. The van der Waals surface area contributed by atoms with Gasteiger partial charge < -0.3 is 19.9 Å². The van der Waals surface area contributed by atoms with Gasteiger partial charge in [-0.05, 0) is 50.1 Å². The lowest BCUT2D eigenvalue weighted by atomic mass is 9.96. The number of ether oxygens (including phenoxy) is 1. The molecule has 1 aromatic carbocycles. The average Bonchev–Trinajstić information content (AvgIpc) is 3.51. The van der Waals surface area contributed by atoms with Crippen LogP contribution in [0.2, 0.25) is 0 Å². The van der Waals surface area contributed by atoms with Crippen molar-refractivity contribution in [3.05, 3.63) is 47.5 Å². The van der Waals surface area contributed by atoms with Gasteiger partial charge in [0.15, 0.2) is 11.8 Å². The van der Waals surface area contributed by atoms with Crippen LogP contribution in [-0.4, -0.2) is 71.6 Å². The van der Waals surface area contributed by atoms with Gasteiger partial charge in [-0.15, -0.1) is 34.2 Å². The molecular formula is C24H38IN7O. The van der Waals surface area contributed by atoms with Crippen molar-refractivity contribution in [1.29, 1.82) is 0 Å². The molecule has 0 radical (unpaired) electrons. The largest absolute Gasteiger partial charge is 0.379 e. The molecule has 2 fully saturated rings. The van der Waals surface area contributed by atoms with Crippen molar-refractivity contribution in [2.24, 2.45) is 17.5 Å². The second kappa shape index (κ2) is 12.7. The maximum atomic E-state index is 5.44. The predicted molar refractivity (Wildman–Crippen MR) is 142 cm³/mol. The summed E-state index contributed by atoms with van der Waals surface area (Å²) in [5.41, 5.74) is 1.76. The molecule has 8 nitrogen and oxygen atoms in total. The molecule has 9 heteroatoms. The molecule has 2 heterocycles. The molecule has 0 amide bonds. The molecule has 2 aromatic rings. The van der Waals surface area contributed by atoms with Gasteiger partial charge in [0.25, 0.3) is 0 Å². The molecule has 1 saturated carbocycles. The molecule has 0 spiro atoms. The first-order valence-corrected chi connectivity index (χ1v) is 11.8. The zero-order valence-corrected chi connectivity index (χ0v) is 22.3. The Morgan fingerprint density at radius 1 is 1.12 bits per heavy atom. The van der Waals surface area contributed by atoms with E-state index in [4.69, 9.17) is 9.73 Å². The fourth-order valence-corrected chi connectivity index (χ4v) is 4.14. The van der Waals surface area contributed by atoms with Gasteiger partial charge in [-0.2, -0.15) is 0 Å². The Kier molecular flexibility index (Phi) is 9.94. The first-order valence-electron chi connectivity index (χ1n) is 11.8. The van der Waals surface area contributed by atoms with E-state index in [1.54, 1.807) is 0 Å². The molecule has 1 aromatic heterocycles. The number of halogens is 1. The third-order valence-corrected chi connectivity index (χ3v) is 6.62. The zero-order valence-electron chi connectivity index (χ0n) is 19.9. The quantitative estimate of drug-likeness (QED) is 0.199. The van der Waals surface area contributed by atoms with E-state index >= 15 is 0 Å². The minimum absolute atomic E-state index is 0. The van der Waals surface area contributed by atoms with Crippen molar-refractivity contribution in [3.8, 4) is 0 Å². The molecule has 1 aliphatic heterocycles. The Morgan fingerprint density at radius 2 is 1.88 bits per heavy atom. The predicted octanol–water partition coefficient (Wildman–Crippen LogP) is 2.52. The van der Waals surface area contributed by atoms with E-state index in [0.717, 1.165) is 76.4 Å². The van der Waals surface area contributed by atoms with E-state index in [2.05, 4.69) is 56.1 Å². The Labute approximate surface area is 214 Å². The summed E-state index contributed by atoms with van der Waals surface area (Å²) in [6, 6.07) is 10.8. The summed E-state index contributed by atoms with van der Waals surface area (Å²) in [6.45, 7) is 9.17. The summed E-state index contributed by atoms with van der Waals surface area (Å²) in [4.78, 5) is 7.30. The first kappa shape index (κ1) is 25.9. The van der Waals surface area contributed by atoms with Crippen LogP contribution in [0.1, 0.15) is 36.5 Å². The number of rotatable bonds is 10. The lowest BCUT2D eigenvalue weighted by Crippen LogP contribution is -2.42. The van der Waals surface area contributed by atoms with Gasteiger partial charge in [0, 0.05) is 33.2 Å². The fraction of sp³-hybridized carbons (Fsp3) is 0.625. The van der Waals surface area contributed by atoms with Crippen molar-refractivity contribution in [1.82, 2.24) is 30.3 Å². The number of benzene rings is 1. The second-order valence-corrected chi connectivity index (χ2v) is 9.14. The molecule has 33 heavy (non-hydrogen) atoms. The van der Waals surface area contributed by atoms with Crippen molar-refractivity contribution in [2.75, 3.05) is 45.9 Å². The maximum Gasteiger partial charge on any atom is 0.191 e. The minimum Gasteiger partial charge on any atom is -0.379 e. The molecule has 1 saturated heterocycles. The third kappa shape index (κ3) is 7.92. The summed E-state index contributed by atoms with van der Waals surface area (Å²) in [7, 11) is 1.99. The number of hydrogen-bond acceptors (Lipinski definition) is 5. The third-order valence-electron chi connectivity index (χ3n) is 6.62. The van der Waals surface area contributed by atoms with Crippen LogP contribution < -0.4 is 10.6 Å². The normalized spacial score (nSPS) is 17.9. The first-order chi connectivity index (χ1) is 15.6. The summed E-state index contributed by atoms with van der Waals surface area (Å²) in [5, 5.41) is 15.6. The molecule has 2 aliphatic rings. The molecule has 0 atom stereocenters. The lowest BCUT2D eigenvalue weighted by molar-refractivity contribution is 0.0376. The summed E-state index contributed by atoms with van der Waals surface area (Å²) < 4.78 is 7.44. The summed E-state index contributed by atoms with van der Waals surface area (Å²) in [5.74, 6) is 2.65. The van der Waals surface area contributed by atoms with Gasteiger partial charge >= 0.3 is 0 Å². The highest BCUT2D eigenvalue weighted by molar-refractivity contribution is 14.0. The van der Waals surface area contributed by atoms with Crippen LogP contribution in [0.5, 0.6) is 0 Å². The van der Waals surface area contributed by atoms with Gasteiger partial charge in [-0.3, -0.25) is 4.90 Å². The number of nitrogens with one attached hydrogen (secondary N) is 2. The molecule has 1 aliphatic carbocycles. The van der Waals surface area contributed by atoms with Crippen molar-refractivity contribution in [3.63, 3.8) is 0 Å². The standard InChI is InChI=1S/C24H37N7O.HI/c1-20-28-29-22(30(20)2)18-26-23(25-11-6-12-31-13-15-32-16-14-31)27-19-24(9-10-24)17-21-7-4-3-5-8-21;/h3-5,7-8H,6,9-19H2,1-2H3,(H2,25,26,27);1H. The van der Waals surface area contributed by atoms with Gasteiger partial charge in [0.05, 0.1) is 13.2 Å². The fourth-order valence-electron chi connectivity index (χ4n) is 4.14. The molecule has 4 rings (SSSR count).